The van der Waals surface area contributed by atoms with E-state index < -0.39 is 20.1 Å². The van der Waals surface area contributed by atoms with Crippen molar-refractivity contribution in [1.82, 2.24) is 4.98 Å². The van der Waals surface area contributed by atoms with Gasteiger partial charge in [-0.15, -0.1) is 23.1 Å². The molecule has 0 saturated carbocycles. The van der Waals surface area contributed by atoms with E-state index in [4.69, 9.17) is 9.41 Å². The van der Waals surface area contributed by atoms with E-state index >= 15 is 0 Å². The molecule has 2 nitrogen and oxygen atoms in total. The van der Waals surface area contributed by atoms with E-state index in [0.717, 1.165) is 50.3 Å². The molecular weight excluding hydrogens is 564 g/mol. The van der Waals surface area contributed by atoms with Gasteiger partial charge in [0.2, 0.25) is 8.32 Å². The molecule has 0 N–H and O–H groups in total. The highest BCUT2D eigenvalue weighted by molar-refractivity contribution is 7.99. The smallest absolute Gasteiger partial charge is 0.416 e. The van der Waals surface area contributed by atoms with Gasteiger partial charge in [0, 0.05) is 20.6 Å². The third-order valence-corrected chi connectivity index (χ3v) is 14.5. The molecule has 0 bridgehead atoms. The number of halogens is 3. The minimum Gasteiger partial charge on any atom is -0.543 e. The molecule has 0 spiro atoms. The van der Waals surface area contributed by atoms with Gasteiger partial charge >= 0.3 is 6.18 Å². The second-order valence-corrected chi connectivity index (χ2v) is 18.7. The summed E-state index contributed by atoms with van der Waals surface area (Å²) in [5, 5.41) is 0.936. The van der Waals surface area contributed by atoms with Gasteiger partial charge in [-0.25, -0.2) is 4.98 Å². The quantitative estimate of drug-likeness (QED) is 0.149. The van der Waals surface area contributed by atoms with E-state index in [0.29, 0.717) is 5.56 Å². The van der Waals surface area contributed by atoms with E-state index in [-0.39, 0.29) is 10.3 Å². The largest absolute Gasteiger partial charge is 0.543 e. The molecule has 0 amide bonds. The van der Waals surface area contributed by atoms with Crippen LogP contribution < -0.4 is 4.43 Å². The Labute approximate surface area is 245 Å². The van der Waals surface area contributed by atoms with Crippen molar-refractivity contribution in [3.05, 3.63) is 100 Å². The van der Waals surface area contributed by atoms with Gasteiger partial charge in [-0.2, -0.15) is 13.2 Å². The number of hydrogen-bond acceptors (Lipinski definition) is 4. The van der Waals surface area contributed by atoms with Crippen LogP contribution in [0.2, 0.25) is 18.1 Å². The lowest BCUT2D eigenvalue weighted by atomic mass is 10.1. The van der Waals surface area contributed by atoms with E-state index in [1.807, 2.05) is 25.1 Å². The highest BCUT2D eigenvalue weighted by atomic mass is 32.2. The van der Waals surface area contributed by atoms with Gasteiger partial charge < -0.3 is 4.43 Å². The Morgan fingerprint density at radius 2 is 1.57 bits per heavy atom. The fourth-order valence-electron chi connectivity index (χ4n) is 4.05. The molecule has 1 aromatic heterocycles. The molecule has 0 radical (unpaired) electrons. The molecule has 40 heavy (non-hydrogen) atoms. The molecule has 4 rings (SSSR count). The van der Waals surface area contributed by atoms with Crippen molar-refractivity contribution >= 4 is 31.4 Å². The normalized spacial score (nSPS) is 13.3. The van der Waals surface area contributed by atoms with Crippen molar-refractivity contribution < 1.29 is 17.6 Å². The zero-order valence-electron chi connectivity index (χ0n) is 24.0. The van der Waals surface area contributed by atoms with Crippen LogP contribution in [0.1, 0.15) is 53.3 Å². The van der Waals surface area contributed by atoms with Crippen molar-refractivity contribution in [3.63, 3.8) is 0 Å². The third kappa shape index (κ3) is 7.20. The number of hydrogen-bond donors (Lipinski definition) is 0. The maximum absolute atomic E-state index is 13.1. The number of thiazole rings is 1. The van der Waals surface area contributed by atoms with E-state index in [2.05, 4.69) is 71.1 Å². The highest BCUT2D eigenvalue weighted by Gasteiger charge is 2.39. The van der Waals surface area contributed by atoms with Gasteiger partial charge in [0.1, 0.15) is 10.8 Å². The van der Waals surface area contributed by atoms with E-state index in [1.54, 1.807) is 23.1 Å². The minimum absolute atomic E-state index is 0.0923. The number of thioether (sulfide) groups is 1. The number of aromatic nitrogens is 1. The minimum atomic E-state index is -4.36. The Kier molecular flexibility index (Phi) is 8.93. The molecule has 212 valence electrons. The average molecular weight is 600 g/mol. The zero-order chi connectivity index (χ0) is 29.3. The molecule has 1 atom stereocenters. The third-order valence-electron chi connectivity index (χ3n) is 7.44. The zero-order valence-corrected chi connectivity index (χ0v) is 26.7. The second kappa shape index (κ2) is 11.7. The van der Waals surface area contributed by atoms with Gasteiger partial charge in [0.15, 0.2) is 0 Å². The van der Waals surface area contributed by atoms with Crippen LogP contribution in [0.4, 0.5) is 13.2 Å². The maximum atomic E-state index is 13.1. The second-order valence-electron chi connectivity index (χ2n) is 11.6. The standard InChI is InChI=1S/C32H36F3NOS2Si/c1-21-19-26(17-18-27(21)37-40(6,7)31(3,4)5)38-28(20-23-11-9-8-10-12-23)29-22(2)36-30(39-29)24-13-15-25(16-14-24)32(33,34)35/h8-19,28H,20H2,1-7H3. The lowest BCUT2D eigenvalue weighted by Gasteiger charge is -2.37. The molecule has 0 aliphatic carbocycles. The fourth-order valence-corrected chi connectivity index (χ4v) is 7.75. The van der Waals surface area contributed by atoms with Gasteiger partial charge in [-0.05, 0) is 79.9 Å². The van der Waals surface area contributed by atoms with Gasteiger partial charge in [0.05, 0.1) is 11.3 Å². The van der Waals surface area contributed by atoms with Crippen LogP contribution in [0.15, 0.2) is 77.7 Å². The highest BCUT2D eigenvalue weighted by Crippen LogP contribution is 2.45. The summed E-state index contributed by atoms with van der Waals surface area (Å²) in [5.74, 6) is 0.939. The molecule has 3 aromatic carbocycles. The topological polar surface area (TPSA) is 22.1 Å². The maximum Gasteiger partial charge on any atom is 0.416 e. The molecule has 0 fully saturated rings. The van der Waals surface area contributed by atoms with Crippen LogP contribution in [0.5, 0.6) is 5.75 Å². The van der Waals surface area contributed by atoms with Crippen molar-refractivity contribution in [2.24, 2.45) is 0 Å². The van der Waals surface area contributed by atoms with Gasteiger partial charge in [-0.1, -0.05) is 63.2 Å². The Bertz CT molecular complexity index is 1440. The molecule has 0 aliphatic heterocycles. The van der Waals surface area contributed by atoms with Crippen LogP contribution in [0.25, 0.3) is 10.6 Å². The lowest BCUT2D eigenvalue weighted by Crippen LogP contribution is -2.44. The van der Waals surface area contributed by atoms with Gasteiger partial charge in [-0.3, -0.25) is 0 Å². The summed E-state index contributed by atoms with van der Waals surface area (Å²) in [6.07, 6.45) is -3.55. The summed E-state index contributed by atoms with van der Waals surface area (Å²) in [6, 6.07) is 22.0. The monoisotopic (exact) mass is 599 g/mol. The van der Waals surface area contributed by atoms with Crippen LogP contribution in [-0.2, 0) is 12.6 Å². The predicted molar refractivity (Wildman–Crippen MR) is 165 cm³/mol. The van der Waals surface area contributed by atoms with E-state index in [1.165, 1.54) is 17.7 Å². The van der Waals surface area contributed by atoms with Crippen LogP contribution in [0, 0.1) is 13.8 Å². The van der Waals surface area contributed by atoms with Crippen molar-refractivity contribution in [1.29, 1.82) is 0 Å². The molecular formula is C32H36F3NOS2Si. The van der Waals surface area contributed by atoms with Crippen LogP contribution in [0.3, 0.4) is 0 Å². The van der Waals surface area contributed by atoms with E-state index in [9.17, 15) is 13.2 Å². The van der Waals surface area contributed by atoms with Crippen molar-refractivity contribution in [2.75, 3.05) is 0 Å². The first-order chi connectivity index (χ1) is 18.6. The Morgan fingerprint density at radius 1 is 0.925 bits per heavy atom. The van der Waals surface area contributed by atoms with Crippen molar-refractivity contribution in [2.45, 2.75) is 75.5 Å². The van der Waals surface area contributed by atoms with Crippen molar-refractivity contribution in [3.8, 4) is 16.3 Å². The fraction of sp³-hybridized carbons (Fsp3) is 0.344. The number of benzene rings is 3. The molecule has 8 heteroatoms. The number of alkyl halides is 3. The molecule has 1 unspecified atom stereocenters. The average Bonchev–Trinajstić information content (AvgIpc) is 3.26. The lowest BCUT2D eigenvalue weighted by molar-refractivity contribution is -0.137. The Morgan fingerprint density at radius 3 is 2.15 bits per heavy atom. The SMILES string of the molecule is Cc1cc(SC(Cc2ccccc2)c2sc(-c3ccc(C(F)(F)F)cc3)nc2C)ccc1O[Si](C)(C)C(C)(C)C. The molecule has 0 saturated heterocycles. The number of rotatable bonds is 8. The summed E-state index contributed by atoms with van der Waals surface area (Å²) in [6.45, 7) is 15.3. The molecule has 0 aliphatic rings. The summed E-state index contributed by atoms with van der Waals surface area (Å²) < 4.78 is 45.8. The summed E-state index contributed by atoms with van der Waals surface area (Å²) in [5.41, 5.74) is 3.28. The summed E-state index contributed by atoms with van der Waals surface area (Å²) in [4.78, 5) is 7.05. The first-order valence-electron chi connectivity index (χ1n) is 13.3. The Hall–Kier alpha value is -2.55. The molecule has 1 heterocycles. The summed E-state index contributed by atoms with van der Waals surface area (Å²) in [7, 11) is -1.96. The van der Waals surface area contributed by atoms with Gasteiger partial charge in [0.25, 0.3) is 0 Å². The first kappa shape index (κ1) is 30.4. The number of nitrogens with zero attached hydrogens (tertiary/aromatic N) is 1. The predicted octanol–water partition coefficient (Wildman–Crippen LogP) is 10.9. The summed E-state index contributed by atoms with van der Waals surface area (Å²) >= 11 is 3.35. The molecule has 4 aromatic rings. The number of aryl methyl sites for hydroxylation is 2. The first-order valence-corrected chi connectivity index (χ1v) is 17.9. The Balaban J connectivity index is 1.64. The van der Waals surface area contributed by atoms with Crippen LogP contribution >= 0.6 is 23.1 Å². The van der Waals surface area contributed by atoms with Crippen LogP contribution in [-0.4, -0.2) is 13.3 Å².